The van der Waals surface area contributed by atoms with Crippen LogP contribution in [-0.2, 0) is 4.79 Å². The standard InChI is InChI=1S/C7H16N2O/c1-4-5-9(3)6-8-7(2)10/h4-6H2,1-3H3,(H,8,10). The summed E-state index contributed by atoms with van der Waals surface area (Å²) in [6.45, 7) is 5.33. The number of carbonyl (C=O) groups is 1. The van der Waals surface area contributed by atoms with E-state index < -0.39 is 0 Å². The van der Waals surface area contributed by atoms with E-state index in [4.69, 9.17) is 0 Å². The maximum absolute atomic E-state index is 10.4. The van der Waals surface area contributed by atoms with Crippen LogP contribution in [0.15, 0.2) is 0 Å². The molecule has 3 heteroatoms. The summed E-state index contributed by atoms with van der Waals surface area (Å²) in [5.41, 5.74) is 0. The Morgan fingerprint density at radius 1 is 1.60 bits per heavy atom. The maximum Gasteiger partial charge on any atom is 0.217 e. The Hall–Kier alpha value is -0.570. The quantitative estimate of drug-likeness (QED) is 0.580. The molecule has 0 aliphatic rings. The fraction of sp³-hybridized carbons (Fsp3) is 0.857. The van der Waals surface area contributed by atoms with E-state index in [0.717, 1.165) is 13.0 Å². The predicted molar refractivity (Wildman–Crippen MR) is 41.6 cm³/mol. The van der Waals surface area contributed by atoms with E-state index in [0.29, 0.717) is 6.67 Å². The van der Waals surface area contributed by atoms with Crippen LogP contribution >= 0.6 is 0 Å². The molecular weight excluding hydrogens is 128 g/mol. The van der Waals surface area contributed by atoms with Gasteiger partial charge in [-0.1, -0.05) is 6.92 Å². The van der Waals surface area contributed by atoms with Gasteiger partial charge in [0.15, 0.2) is 0 Å². The van der Waals surface area contributed by atoms with Crippen molar-refractivity contribution in [3.63, 3.8) is 0 Å². The maximum atomic E-state index is 10.4. The van der Waals surface area contributed by atoms with E-state index in [9.17, 15) is 4.79 Å². The van der Waals surface area contributed by atoms with Crippen molar-refractivity contribution in [1.82, 2.24) is 10.2 Å². The van der Waals surface area contributed by atoms with Gasteiger partial charge < -0.3 is 5.32 Å². The summed E-state index contributed by atoms with van der Waals surface area (Å²) in [6.07, 6.45) is 1.12. The molecule has 0 atom stereocenters. The number of hydrogen-bond donors (Lipinski definition) is 1. The first-order valence-corrected chi connectivity index (χ1v) is 3.59. The van der Waals surface area contributed by atoms with Crippen molar-refractivity contribution in [3.8, 4) is 0 Å². The lowest BCUT2D eigenvalue weighted by Crippen LogP contribution is -2.34. The number of hydrogen-bond acceptors (Lipinski definition) is 2. The lowest BCUT2D eigenvalue weighted by molar-refractivity contribution is -0.119. The molecular formula is C7H16N2O. The van der Waals surface area contributed by atoms with Crippen molar-refractivity contribution in [3.05, 3.63) is 0 Å². The third kappa shape index (κ3) is 5.56. The zero-order chi connectivity index (χ0) is 7.98. The molecule has 0 aliphatic heterocycles. The van der Waals surface area contributed by atoms with Gasteiger partial charge in [0.25, 0.3) is 0 Å². The second kappa shape index (κ2) is 5.23. The minimum atomic E-state index is 0.0305. The topological polar surface area (TPSA) is 32.3 Å². The van der Waals surface area contributed by atoms with Crippen molar-refractivity contribution >= 4 is 5.91 Å². The second-order valence-electron chi connectivity index (χ2n) is 2.47. The highest BCUT2D eigenvalue weighted by molar-refractivity contribution is 5.72. The summed E-state index contributed by atoms with van der Waals surface area (Å²) < 4.78 is 0. The van der Waals surface area contributed by atoms with Crippen molar-refractivity contribution in [2.24, 2.45) is 0 Å². The first-order chi connectivity index (χ1) is 4.66. The van der Waals surface area contributed by atoms with Gasteiger partial charge in [0, 0.05) is 6.92 Å². The Balaban J connectivity index is 3.21. The van der Waals surface area contributed by atoms with E-state index in [2.05, 4.69) is 17.1 Å². The van der Waals surface area contributed by atoms with Gasteiger partial charge in [0.2, 0.25) is 5.91 Å². The number of nitrogens with one attached hydrogen (secondary N) is 1. The Labute approximate surface area is 62.4 Å². The van der Waals surface area contributed by atoms with Crippen molar-refractivity contribution < 1.29 is 4.79 Å². The lowest BCUT2D eigenvalue weighted by Gasteiger charge is -2.14. The minimum Gasteiger partial charge on any atom is -0.344 e. The number of rotatable bonds is 4. The van der Waals surface area contributed by atoms with Crippen molar-refractivity contribution in [1.29, 1.82) is 0 Å². The Kier molecular flexibility index (Phi) is 4.94. The fourth-order valence-electron chi connectivity index (χ4n) is 0.707. The number of nitrogens with zero attached hydrogens (tertiary/aromatic N) is 1. The summed E-state index contributed by atoms with van der Waals surface area (Å²) in [4.78, 5) is 12.5. The molecule has 0 heterocycles. The molecule has 0 saturated carbocycles. The highest BCUT2D eigenvalue weighted by atomic mass is 16.1. The van der Waals surface area contributed by atoms with E-state index in [1.165, 1.54) is 6.92 Å². The largest absolute Gasteiger partial charge is 0.344 e. The first-order valence-electron chi connectivity index (χ1n) is 3.59. The van der Waals surface area contributed by atoms with Crippen LogP contribution in [-0.4, -0.2) is 31.1 Å². The first kappa shape index (κ1) is 9.43. The van der Waals surface area contributed by atoms with Crippen LogP contribution in [0.3, 0.4) is 0 Å². The second-order valence-corrected chi connectivity index (χ2v) is 2.47. The molecule has 1 amide bonds. The van der Waals surface area contributed by atoms with Crippen LogP contribution in [0.1, 0.15) is 20.3 Å². The summed E-state index contributed by atoms with van der Waals surface area (Å²) >= 11 is 0. The van der Waals surface area contributed by atoms with E-state index in [1.807, 2.05) is 7.05 Å². The Bertz CT molecular complexity index is 104. The highest BCUT2D eigenvalue weighted by Crippen LogP contribution is 1.81. The van der Waals surface area contributed by atoms with Gasteiger partial charge in [-0.25, -0.2) is 0 Å². The smallest absolute Gasteiger partial charge is 0.217 e. The fourth-order valence-corrected chi connectivity index (χ4v) is 0.707. The van der Waals surface area contributed by atoms with Crippen LogP contribution in [0, 0.1) is 0 Å². The van der Waals surface area contributed by atoms with Gasteiger partial charge in [-0.2, -0.15) is 0 Å². The van der Waals surface area contributed by atoms with Crippen LogP contribution < -0.4 is 5.32 Å². The van der Waals surface area contributed by atoms with Crippen LogP contribution in [0.2, 0.25) is 0 Å². The third-order valence-corrected chi connectivity index (χ3v) is 1.20. The molecule has 0 aromatic carbocycles. The number of carbonyl (C=O) groups excluding carboxylic acids is 1. The molecule has 0 spiro atoms. The van der Waals surface area contributed by atoms with Gasteiger partial charge in [-0.3, -0.25) is 9.69 Å². The Morgan fingerprint density at radius 3 is 2.60 bits per heavy atom. The van der Waals surface area contributed by atoms with E-state index >= 15 is 0 Å². The minimum absolute atomic E-state index is 0.0305. The van der Waals surface area contributed by atoms with E-state index in [-0.39, 0.29) is 5.91 Å². The zero-order valence-electron chi connectivity index (χ0n) is 6.98. The van der Waals surface area contributed by atoms with Crippen LogP contribution in [0.25, 0.3) is 0 Å². The van der Waals surface area contributed by atoms with Crippen molar-refractivity contribution in [2.75, 3.05) is 20.3 Å². The molecule has 0 radical (unpaired) electrons. The molecule has 0 saturated heterocycles. The molecule has 60 valence electrons. The van der Waals surface area contributed by atoms with Gasteiger partial charge in [-0.05, 0) is 20.0 Å². The molecule has 0 aromatic heterocycles. The summed E-state index contributed by atoms with van der Waals surface area (Å²) in [5.74, 6) is 0.0305. The predicted octanol–water partition coefficient (Wildman–Crippen LogP) is 0.422. The summed E-state index contributed by atoms with van der Waals surface area (Å²) in [5, 5.41) is 2.72. The van der Waals surface area contributed by atoms with Gasteiger partial charge in [0.1, 0.15) is 0 Å². The average Bonchev–Trinajstić information content (AvgIpc) is 1.85. The molecule has 0 fully saturated rings. The third-order valence-electron chi connectivity index (χ3n) is 1.20. The van der Waals surface area contributed by atoms with Gasteiger partial charge in [-0.15, -0.1) is 0 Å². The molecule has 0 aliphatic carbocycles. The lowest BCUT2D eigenvalue weighted by atomic mass is 10.4. The molecule has 1 N–H and O–H groups in total. The molecule has 10 heavy (non-hydrogen) atoms. The van der Waals surface area contributed by atoms with E-state index in [1.54, 1.807) is 0 Å². The summed E-state index contributed by atoms with van der Waals surface area (Å²) in [7, 11) is 1.99. The van der Waals surface area contributed by atoms with Crippen LogP contribution in [0.5, 0.6) is 0 Å². The van der Waals surface area contributed by atoms with Gasteiger partial charge >= 0.3 is 0 Å². The molecule has 3 nitrogen and oxygen atoms in total. The normalized spacial score (nSPS) is 10.0. The molecule has 0 unspecified atom stereocenters. The van der Waals surface area contributed by atoms with Gasteiger partial charge in [0.05, 0.1) is 6.67 Å². The highest BCUT2D eigenvalue weighted by Gasteiger charge is 1.95. The molecule has 0 rings (SSSR count). The summed E-state index contributed by atoms with van der Waals surface area (Å²) in [6, 6.07) is 0. The monoisotopic (exact) mass is 144 g/mol. The Morgan fingerprint density at radius 2 is 2.20 bits per heavy atom. The average molecular weight is 144 g/mol. The van der Waals surface area contributed by atoms with Crippen molar-refractivity contribution in [2.45, 2.75) is 20.3 Å². The van der Waals surface area contributed by atoms with Crippen LogP contribution in [0.4, 0.5) is 0 Å². The molecule has 0 bridgehead atoms. The molecule has 0 aromatic rings. The number of amides is 1. The zero-order valence-corrected chi connectivity index (χ0v) is 6.98. The SMILES string of the molecule is CCCN(C)CNC(C)=O.